The van der Waals surface area contributed by atoms with Crippen molar-refractivity contribution < 1.29 is 28.6 Å². The molecule has 2 aliphatic rings. The number of ether oxygens (including phenoxy) is 3. The Morgan fingerprint density at radius 2 is 1.82 bits per heavy atom. The molecule has 1 fully saturated rings. The second kappa shape index (κ2) is 13.1. The van der Waals surface area contributed by atoms with E-state index in [0.717, 1.165) is 6.42 Å². The van der Waals surface area contributed by atoms with Crippen molar-refractivity contribution in [2.75, 3.05) is 60.1 Å². The maximum atomic E-state index is 13.5. The van der Waals surface area contributed by atoms with Gasteiger partial charge in [0.05, 0.1) is 32.4 Å². The summed E-state index contributed by atoms with van der Waals surface area (Å²) in [5, 5.41) is 6.02. The number of rotatable bonds is 8. The number of carbonyl (C=O) groups excluding carboxylic acids is 3. The zero-order chi connectivity index (χ0) is 28.7. The predicted octanol–water partition coefficient (Wildman–Crippen LogP) is 3.12. The van der Waals surface area contributed by atoms with Crippen LogP contribution in [-0.4, -0.2) is 98.4 Å². The Labute approximate surface area is 231 Å². The van der Waals surface area contributed by atoms with E-state index in [1.54, 1.807) is 37.1 Å². The van der Waals surface area contributed by atoms with Crippen molar-refractivity contribution in [3.63, 3.8) is 0 Å². The highest BCUT2D eigenvalue weighted by Gasteiger charge is 2.39. The number of likely N-dealkylation sites (N-methyl/N-ethyl adjacent to an activating group) is 1. The molecule has 0 saturated carbocycles. The molecule has 1 aromatic carbocycles. The van der Waals surface area contributed by atoms with E-state index in [1.165, 1.54) is 7.11 Å². The molecule has 0 unspecified atom stereocenters. The van der Waals surface area contributed by atoms with Crippen LogP contribution in [-0.2, 0) is 9.53 Å². The van der Waals surface area contributed by atoms with Gasteiger partial charge >= 0.3 is 18.0 Å². The van der Waals surface area contributed by atoms with Crippen molar-refractivity contribution in [2.24, 2.45) is 0 Å². The van der Waals surface area contributed by atoms with Crippen molar-refractivity contribution >= 4 is 18.0 Å². The van der Waals surface area contributed by atoms with Gasteiger partial charge in [-0.15, -0.1) is 0 Å². The molecule has 0 spiro atoms. The van der Waals surface area contributed by atoms with Gasteiger partial charge in [0.2, 0.25) is 0 Å². The molecule has 2 aliphatic heterocycles. The lowest BCUT2D eigenvalue weighted by Gasteiger charge is -2.38. The van der Waals surface area contributed by atoms with Crippen LogP contribution < -0.4 is 20.1 Å². The molecule has 216 valence electrons. The van der Waals surface area contributed by atoms with Gasteiger partial charge in [0.1, 0.15) is 11.5 Å². The average Bonchev–Trinajstić information content (AvgIpc) is 3.13. The van der Waals surface area contributed by atoms with Gasteiger partial charge in [-0.3, -0.25) is 9.80 Å². The highest BCUT2D eigenvalue weighted by molar-refractivity contribution is 5.95. The summed E-state index contributed by atoms with van der Waals surface area (Å²) in [4.78, 5) is 45.2. The van der Waals surface area contributed by atoms with Gasteiger partial charge in [-0.2, -0.15) is 0 Å². The van der Waals surface area contributed by atoms with Crippen molar-refractivity contribution in [3.8, 4) is 11.5 Å². The van der Waals surface area contributed by atoms with E-state index in [9.17, 15) is 14.4 Å². The smallest absolute Gasteiger partial charge is 0.338 e. The number of amides is 4. The molecule has 2 N–H and O–H groups in total. The molecule has 0 radical (unpaired) electrons. The fraction of sp³-hybridized carbons (Fsp3) is 0.607. The summed E-state index contributed by atoms with van der Waals surface area (Å²) in [5.41, 5.74) is 1.27. The van der Waals surface area contributed by atoms with E-state index in [2.05, 4.69) is 15.5 Å². The Balaban J connectivity index is 1.99. The van der Waals surface area contributed by atoms with Crippen LogP contribution in [0, 0.1) is 0 Å². The first-order valence-electron chi connectivity index (χ1n) is 13.5. The van der Waals surface area contributed by atoms with Crippen LogP contribution in [0.5, 0.6) is 11.5 Å². The molecular weight excluding hydrogens is 502 g/mol. The topological polar surface area (TPSA) is 113 Å². The molecule has 2 heterocycles. The Bertz CT molecular complexity index is 1080. The van der Waals surface area contributed by atoms with Crippen LogP contribution in [0.2, 0.25) is 0 Å². The number of hydrogen-bond donors (Lipinski definition) is 2. The second-order valence-electron chi connectivity index (χ2n) is 10.6. The Morgan fingerprint density at radius 1 is 1.08 bits per heavy atom. The Hall–Kier alpha value is -3.47. The molecule has 11 heteroatoms. The zero-order valence-electron chi connectivity index (χ0n) is 24.3. The van der Waals surface area contributed by atoms with Crippen LogP contribution in [0.4, 0.5) is 9.59 Å². The molecular formula is C28H43N5O6. The minimum Gasteiger partial charge on any atom is -0.497 e. The van der Waals surface area contributed by atoms with Gasteiger partial charge in [0.15, 0.2) is 0 Å². The summed E-state index contributed by atoms with van der Waals surface area (Å²) < 4.78 is 16.4. The molecule has 0 aromatic heterocycles. The lowest BCUT2D eigenvalue weighted by Crippen LogP contribution is -2.51. The summed E-state index contributed by atoms with van der Waals surface area (Å²) in [7, 11) is 3.10. The summed E-state index contributed by atoms with van der Waals surface area (Å²) in [5.74, 6) is 0.593. The summed E-state index contributed by atoms with van der Waals surface area (Å²) in [6.07, 6.45) is 0.771. The minimum absolute atomic E-state index is 0.0883. The average molecular weight is 546 g/mol. The third-order valence-electron chi connectivity index (χ3n) is 6.73. The third-order valence-corrected chi connectivity index (χ3v) is 6.73. The summed E-state index contributed by atoms with van der Waals surface area (Å²) in [6.45, 7) is 12.9. The van der Waals surface area contributed by atoms with Crippen molar-refractivity contribution in [1.29, 1.82) is 0 Å². The highest BCUT2D eigenvalue weighted by atomic mass is 16.5. The van der Waals surface area contributed by atoms with E-state index in [4.69, 9.17) is 14.2 Å². The quantitative estimate of drug-likeness (QED) is 0.483. The van der Waals surface area contributed by atoms with Gasteiger partial charge in [-0.1, -0.05) is 0 Å². The number of methoxy groups -OCH3 is 2. The fourth-order valence-electron chi connectivity index (χ4n) is 4.89. The number of nitrogens with one attached hydrogen (secondary N) is 2. The monoisotopic (exact) mass is 545 g/mol. The molecule has 1 saturated heterocycles. The maximum absolute atomic E-state index is 13.5. The number of esters is 1. The van der Waals surface area contributed by atoms with Crippen LogP contribution in [0.25, 0.3) is 0 Å². The number of urea groups is 2. The van der Waals surface area contributed by atoms with Gasteiger partial charge in [0.25, 0.3) is 0 Å². The first-order chi connectivity index (χ1) is 18.5. The van der Waals surface area contributed by atoms with Crippen molar-refractivity contribution in [2.45, 2.75) is 52.6 Å². The molecule has 11 nitrogen and oxygen atoms in total. The minimum atomic E-state index is -0.767. The molecule has 3 rings (SSSR count). The number of carbonyl (C=O) groups is 3. The first-order valence-corrected chi connectivity index (χ1v) is 13.5. The molecule has 4 amide bonds. The number of benzene rings is 1. The predicted molar refractivity (Wildman–Crippen MR) is 148 cm³/mol. The van der Waals surface area contributed by atoms with E-state index in [-0.39, 0.29) is 24.2 Å². The number of nitrogens with zero attached hydrogens (tertiary/aromatic N) is 3. The third kappa shape index (κ3) is 7.35. The Morgan fingerprint density at radius 3 is 2.44 bits per heavy atom. The largest absolute Gasteiger partial charge is 0.497 e. The summed E-state index contributed by atoms with van der Waals surface area (Å²) >= 11 is 0. The fourth-order valence-corrected chi connectivity index (χ4v) is 4.89. The molecule has 1 aromatic rings. The van der Waals surface area contributed by atoms with Crippen LogP contribution >= 0.6 is 0 Å². The van der Waals surface area contributed by atoms with Crippen LogP contribution in [0.15, 0.2) is 29.5 Å². The van der Waals surface area contributed by atoms with Crippen molar-refractivity contribution in [1.82, 2.24) is 25.3 Å². The van der Waals surface area contributed by atoms with E-state index >= 15 is 0 Å². The molecule has 1 atom stereocenters. The lowest BCUT2D eigenvalue weighted by molar-refractivity contribution is -0.139. The first kappa shape index (κ1) is 30.1. The SMILES string of the molecule is CCOC(=O)C1=C(CN2CCCN(C(=O)NC(C)(C)C)CC2)N(CC)C(=O)N[C@H]1c1ccc(OC)cc1OC. The van der Waals surface area contributed by atoms with Gasteiger partial charge in [-0.05, 0) is 53.2 Å². The van der Waals surface area contributed by atoms with E-state index < -0.39 is 12.0 Å². The summed E-state index contributed by atoms with van der Waals surface area (Å²) in [6, 6.07) is 4.13. The molecule has 39 heavy (non-hydrogen) atoms. The maximum Gasteiger partial charge on any atom is 0.338 e. The standard InChI is InChI=1S/C28H43N5O6/c1-8-33-21(18-31-13-10-14-32(16-15-31)27(36)30-28(3,4)5)23(25(34)39-9-2)24(29-26(33)35)20-12-11-19(37-6)17-22(20)38-7/h11-12,17,24H,8-10,13-16,18H2,1-7H3,(H,29,35)(H,30,36)/t24-/m0/s1. The van der Waals surface area contributed by atoms with E-state index in [0.29, 0.717) is 67.6 Å². The molecule has 0 aliphatic carbocycles. The highest BCUT2D eigenvalue weighted by Crippen LogP contribution is 2.38. The van der Waals surface area contributed by atoms with Gasteiger partial charge in [0, 0.05) is 62.1 Å². The van der Waals surface area contributed by atoms with Crippen LogP contribution in [0.3, 0.4) is 0 Å². The van der Waals surface area contributed by atoms with Gasteiger partial charge < -0.3 is 29.7 Å². The number of hydrogen-bond acceptors (Lipinski definition) is 7. The van der Waals surface area contributed by atoms with Crippen LogP contribution in [0.1, 0.15) is 52.6 Å². The zero-order valence-corrected chi connectivity index (χ0v) is 24.3. The van der Waals surface area contributed by atoms with Crippen molar-refractivity contribution in [3.05, 3.63) is 35.0 Å². The normalized spacial score (nSPS) is 18.8. The van der Waals surface area contributed by atoms with Gasteiger partial charge in [-0.25, -0.2) is 14.4 Å². The Kier molecular flexibility index (Phi) is 10.1. The molecule has 0 bridgehead atoms. The lowest BCUT2D eigenvalue weighted by atomic mass is 9.93. The second-order valence-corrected chi connectivity index (χ2v) is 10.6. The van der Waals surface area contributed by atoms with E-state index in [1.807, 2.05) is 32.6 Å².